The Bertz CT molecular complexity index is 1420. The lowest BCUT2D eigenvalue weighted by molar-refractivity contribution is 0.305. The van der Waals surface area contributed by atoms with Crippen LogP contribution in [0.25, 0.3) is 10.9 Å². The number of aromatic nitrogens is 2. The van der Waals surface area contributed by atoms with Crippen molar-refractivity contribution in [3.8, 4) is 5.75 Å². The van der Waals surface area contributed by atoms with Crippen molar-refractivity contribution in [2.45, 2.75) is 32.8 Å². The second-order valence-electron chi connectivity index (χ2n) is 7.90. The van der Waals surface area contributed by atoms with Gasteiger partial charge in [0.25, 0.3) is 5.56 Å². The van der Waals surface area contributed by atoms with Crippen molar-refractivity contribution in [3.05, 3.63) is 102 Å². The van der Waals surface area contributed by atoms with Gasteiger partial charge in [-0.1, -0.05) is 69.4 Å². The van der Waals surface area contributed by atoms with Crippen molar-refractivity contribution in [3.63, 3.8) is 0 Å². The Morgan fingerprint density at radius 2 is 1.79 bits per heavy atom. The zero-order chi connectivity index (χ0) is 24.2. The maximum atomic E-state index is 13.4. The zero-order valence-electron chi connectivity index (χ0n) is 18.6. The fraction of sp³-hybridized carbons (Fsp3) is 0.192. The van der Waals surface area contributed by atoms with Crippen LogP contribution < -0.4 is 10.3 Å². The van der Waals surface area contributed by atoms with Gasteiger partial charge in [-0.3, -0.25) is 4.79 Å². The molecular weight excluding hydrogens is 582 g/mol. The quantitative estimate of drug-likeness (QED) is 0.205. The molecule has 3 aromatic carbocycles. The lowest BCUT2D eigenvalue weighted by atomic mass is 10.1. The predicted octanol–water partition coefficient (Wildman–Crippen LogP) is 7.55. The Labute approximate surface area is 219 Å². The molecule has 0 N–H and O–H groups in total. The largest absolute Gasteiger partial charge is 0.488 e. The fourth-order valence-electron chi connectivity index (χ4n) is 3.39. The van der Waals surface area contributed by atoms with Crippen LogP contribution in [-0.2, 0) is 6.61 Å². The highest BCUT2D eigenvalue weighted by Crippen LogP contribution is 2.24. The van der Waals surface area contributed by atoms with E-state index in [2.05, 4.69) is 43.9 Å². The number of benzene rings is 3. The Morgan fingerprint density at radius 3 is 2.53 bits per heavy atom. The first-order chi connectivity index (χ1) is 16.4. The van der Waals surface area contributed by atoms with Crippen molar-refractivity contribution < 1.29 is 4.74 Å². The molecule has 0 aliphatic carbocycles. The number of halogens is 3. The summed E-state index contributed by atoms with van der Waals surface area (Å²) in [6, 6.07) is 18.7. The maximum absolute atomic E-state index is 13.4. The lowest BCUT2D eigenvalue weighted by Crippen LogP contribution is -2.23. The van der Waals surface area contributed by atoms with E-state index in [4.69, 9.17) is 21.3 Å². The van der Waals surface area contributed by atoms with Gasteiger partial charge in [0.15, 0.2) is 0 Å². The average Bonchev–Trinajstić information content (AvgIpc) is 2.83. The topological polar surface area (TPSA) is 56.5 Å². The van der Waals surface area contributed by atoms with Gasteiger partial charge in [0, 0.05) is 25.4 Å². The Morgan fingerprint density at radius 1 is 1.09 bits per heavy atom. The summed E-state index contributed by atoms with van der Waals surface area (Å²) in [5, 5.41) is 5.76. The molecule has 4 aromatic rings. The summed E-state index contributed by atoms with van der Waals surface area (Å²) < 4.78 is 9.15. The molecule has 0 unspecified atom stereocenters. The summed E-state index contributed by atoms with van der Waals surface area (Å²) in [5.41, 5.74) is 2.18. The van der Waals surface area contributed by atoms with Gasteiger partial charge in [-0.05, 0) is 60.5 Å². The Hall–Kier alpha value is -2.48. The molecular formula is C26H22Br2ClN3O2. The molecule has 0 bridgehead atoms. The van der Waals surface area contributed by atoms with E-state index in [0.29, 0.717) is 34.1 Å². The molecule has 5 nitrogen and oxygen atoms in total. The van der Waals surface area contributed by atoms with Gasteiger partial charge < -0.3 is 4.74 Å². The minimum absolute atomic E-state index is 0.0565. The number of hydrogen-bond donors (Lipinski definition) is 0. The standard InChI is InChI=1S/C26H22Br2ClN3O2/c1-3-16(2)25-31-23-10-6-20(28)13-22(23)26(33)32(25)30-14-18-12-19(27)7-11-24(18)34-15-17-4-8-21(29)9-5-17/h4-14,16H,3,15H2,1-2H3/t16-/m1/s1. The van der Waals surface area contributed by atoms with Gasteiger partial charge >= 0.3 is 0 Å². The minimum Gasteiger partial charge on any atom is -0.488 e. The highest BCUT2D eigenvalue weighted by molar-refractivity contribution is 9.10. The molecule has 0 saturated heterocycles. The third kappa shape index (κ3) is 5.59. The van der Waals surface area contributed by atoms with Crippen LogP contribution in [0.15, 0.2) is 79.5 Å². The summed E-state index contributed by atoms with van der Waals surface area (Å²) >= 11 is 12.9. The second-order valence-corrected chi connectivity index (χ2v) is 10.2. The van der Waals surface area contributed by atoms with Crippen LogP contribution in [0.4, 0.5) is 0 Å². The number of fused-ring (bicyclic) bond motifs is 1. The molecule has 1 atom stereocenters. The van der Waals surface area contributed by atoms with Crippen molar-refractivity contribution in [2.75, 3.05) is 0 Å². The van der Waals surface area contributed by atoms with Crippen molar-refractivity contribution >= 4 is 60.6 Å². The van der Waals surface area contributed by atoms with Crippen LogP contribution in [0, 0.1) is 0 Å². The summed E-state index contributed by atoms with van der Waals surface area (Å²) in [7, 11) is 0. The van der Waals surface area contributed by atoms with Crippen molar-refractivity contribution in [2.24, 2.45) is 5.10 Å². The molecule has 0 amide bonds. The van der Waals surface area contributed by atoms with Gasteiger partial charge in [-0.25, -0.2) is 4.98 Å². The van der Waals surface area contributed by atoms with Gasteiger partial charge in [0.2, 0.25) is 0 Å². The molecule has 1 heterocycles. The zero-order valence-corrected chi connectivity index (χ0v) is 22.6. The molecule has 0 fully saturated rings. The Balaban J connectivity index is 1.73. The van der Waals surface area contributed by atoms with Crippen LogP contribution in [0.5, 0.6) is 5.75 Å². The summed E-state index contributed by atoms with van der Waals surface area (Å²) in [6.07, 6.45) is 2.47. The number of nitrogens with zero attached hydrogens (tertiary/aromatic N) is 3. The Kier molecular flexibility index (Phi) is 7.86. The average molecular weight is 604 g/mol. The third-order valence-corrected chi connectivity index (χ3v) is 6.72. The maximum Gasteiger partial charge on any atom is 0.282 e. The van der Waals surface area contributed by atoms with E-state index in [1.807, 2.05) is 61.5 Å². The molecule has 4 rings (SSSR count). The molecule has 0 spiro atoms. The highest BCUT2D eigenvalue weighted by Gasteiger charge is 2.16. The molecule has 0 radical (unpaired) electrons. The number of rotatable bonds is 7. The summed E-state index contributed by atoms with van der Waals surface area (Å²) in [4.78, 5) is 18.1. The SMILES string of the molecule is CC[C@@H](C)c1nc2ccc(Br)cc2c(=O)n1N=Cc1cc(Br)ccc1OCc1ccc(Cl)cc1. The molecule has 0 aliphatic heterocycles. The van der Waals surface area contributed by atoms with Crippen molar-refractivity contribution in [1.82, 2.24) is 9.66 Å². The molecule has 0 aliphatic rings. The lowest BCUT2D eigenvalue weighted by Gasteiger charge is -2.14. The van der Waals surface area contributed by atoms with E-state index < -0.39 is 0 Å². The van der Waals surface area contributed by atoms with E-state index in [1.165, 1.54) is 4.68 Å². The summed E-state index contributed by atoms with van der Waals surface area (Å²) in [5.74, 6) is 1.33. The smallest absolute Gasteiger partial charge is 0.282 e. The molecule has 1 aromatic heterocycles. The predicted molar refractivity (Wildman–Crippen MR) is 145 cm³/mol. The van der Waals surface area contributed by atoms with E-state index in [0.717, 1.165) is 26.5 Å². The highest BCUT2D eigenvalue weighted by atomic mass is 79.9. The first kappa shape index (κ1) is 24.6. The molecule has 0 saturated carbocycles. The van der Waals surface area contributed by atoms with Gasteiger partial charge in [-0.15, -0.1) is 0 Å². The van der Waals surface area contributed by atoms with Crippen LogP contribution in [0.3, 0.4) is 0 Å². The third-order valence-electron chi connectivity index (χ3n) is 5.48. The van der Waals surface area contributed by atoms with Gasteiger partial charge in [0.05, 0.1) is 17.1 Å². The van der Waals surface area contributed by atoms with E-state index in [-0.39, 0.29) is 11.5 Å². The van der Waals surface area contributed by atoms with E-state index >= 15 is 0 Å². The van der Waals surface area contributed by atoms with E-state index in [1.54, 1.807) is 12.3 Å². The van der Waals surface area contributed by atoms with Crippen LogP contribution in [0.1, 0.15) is 43.1 Å². The molecule has 8 heteroatoms. The molecule has 174 valence electrons. The normalized spacial score (nSPS) is 12.4. The van der Waals surface area contributed by atoms with Crippen LogP contribution in [-0.4, -0.2) is 15.9 Å². The second kappa shape index (κ2) is 10.8. The fourth-order valence-corrected chi connectivity index (χ4v) is 4.26. The van der Waals surface area contributed by atoms with Gasteiger partial charge in [-0.2, -0.15) is 9.78 Å². The minimum atomic E-state index is -0.212. The van der Waals surface area contributed by atoms with E-state index in [9.17, 15) is 4.79 Å². The summed E-state index contributed by atoms with van der Waals surface area (Å²) in [6.45, 7) is 4.48. The van der Waals surface area contributed by atoms with Crippen molar-refractivity contribution in [1.29, 1.82) is 0 Å². The number of ether oxygens (including phenoxy) is 1. The monoisotopic (exact) mass is 601 g/mol. The van der Waals surface area contributed by atoms with Gasteiger partial charge in [0.1, 0.15) is 18.2 Å². The first-order valence-corrected chi connectivity index (χ1v) is 12.8. The first-order valence-electron chi connectivity index (χ1n) is 10.8. The number of hydrogen-bond acceptors (Lipinski definition) is 4. The molecule has 34 heavy (non-hydrogen) atoms. The van der Waals surface area contributed by atoms with Crippen LogP contribution >= 0.6 is 43.5 Å². The van der Waals surface area contributed by atoms with Crippen LogP contribution in [0.2, 0.25) is 5.02 Å².